The molecule has 0 bridgehead atoms. The summed E-state index contributed by atoms with van der Waals surface area (Å²) in [7, 11) is 0. The van der Waals surface area contributed by atoms with Gasteiger partial charge >= 0.3 is 0 Å². The number of aryl methyl sites for hydroxylation is 1. The predicted octanol–water partition coefficient (Wildman–Crippen LogP) is 2.29. The molecule has 0 amide bonds. The van der Waals surface area contributed by atoms with Gasteiger partial charge in [0.05, 0.1) is 30.0 Å². The van der Waals surface area contributed by atoms with Crippen LogP contribution < -0.4 is 10.2 Å². The highest BCUT2D eigenvalue weighted by Gasteiger charge is 2.25. The van der Waals surface area contributed by atoms with E-state index < -0.39 is 0 Å². The normalized spacial score (nSPS) is 17.1. The number of aromatic nitrogens is 4. The second-order valence-corrected chi connectivity index (χ2v) is 6.64. The summed E-state index contributed by atoms with van der Waals surface area (Å²) in [5.74, 6) is 1.72. The first kappa shape index (κ1) is 16.8. The van der Waals surface area contributed by atoms with Crippen molar-refractivity contribution in [2.45, 2.75) is 31.8 Å². The van der Waals surface area contributed by atoms with Gasteiger partial charge in [0.15, 0.2) is 0 Å². The van der Waals surface area contributed by atoms with Crippen LogP contribution >= 0.6 is 0 Å². The van der Waals surface area contributed by atoms with Crippen LogP contribution in [0.5, 0.6) is 0 Å². The zero-order valence-electron chi connectivity index (χ0n) is 14.8. The number of benzene rings is 1. The lowest BCUT2D eigenvalue weighted by Gasteiger charge is -2.24. The summed E-state index contributed by atoms with van der Waals surface area (Å²) in [6, 6.07) is 10.3. The van der Waals surface area contributed by atoms with E-state index in [4.69, 9.17) is 0 Å². The van der Waals surface area contributed by atoms with Crippen LogP contribution in [0.1, 0.15) is 19.3 Å². The number of fused-ring (bicyclic) bond motifs is 1. The predicted molar refractivity (Wildman–Crippen MR) is 102 cm³/mol. The Bertz CT molecular complexity index is 864. The van der Waals surface area contributed by atoms with E-state index >= 15 is 0 Å². The van der Waals surface area contributed by atoms with Crippen molar-refractivity contribution in [1.29, 1.82) is 0 Å². The van der Waals surface area contributed by atoms with E-state index in [9.17, 15) is 5.11 Å². The van der Waals surface area contributed by atoms with Crippen LogP contribution in [0.4, 0.5) is 11.6 Å². The average Bonchev–Trinajstić information content (AvgIpc) is 3.32. The van der Waals surface area contributed by atoms with Gasteiger partial charge in [-0.1, -0.05) is 12.1 Å². The summed E-state index contributed by atoms with van der Waals surface area (Å²) in [5, 5.41) is 12.9. The third-order valence-electron chi connectivity index (χ3n) is 4.94. The zero-order valence-corrected chi connectivity index (χ0v) is 14.8. The van der Waals surface area contributed by atoms with Crippen molar-refractivity contribution >= 4 is 22.7 Å². The standard InChI is InChI=1S/C19H24N6O/c26-12-15-5-3-10-25(15)19-11-18(21-13-22-19)20-8-4-9-24-14-23-16-6-1-2-7-17(16)24/h1-2,6-7,11,13-15,26H,3-5,8-10,12H2,(H,20,21,22). The third kappa shape index (κ3) is 3.48. The maximum atomic E-state index is 9.50. The highest BCUT2D eigenvalue weighted by molar-refractivity contribution is 5.74. The fourth-order valence-electron chi connectivity index (χ4n) is 3.58. The molecule has 0 radical (unpaired) electrons. The van der Waals surface area contributed by atoms with Crippen molar-refractivity contribution in [3.63, 3.8) is 0 Å². The molecule has 7 heteroatoms. The molecule has 3 aromatic rings. The van der Waals surface area contributed by atoms with Crippen molar-refractivity contribution in [3.8, 4) is 0 Å². The van der Waals surface area contributed by atoms with E-state index in [1.807, 2.05) is 30.6 Å². The molecule has 1 aromatic carbocycles. The largest absolute Gasteiger partial charge is 0.394 e. The van der Waals surface area contributed by atoms with Crippen LogP contribution in [0.2, 0.25) is 0 Å². The SMILES string of the molecule is OCC1CCCN1c1cc(NCCCn2cnc3ccccc32)ncn1. The molecule has 1 aliphatic rings. The van der Waals surface area contributed by atoms with Gasteiger partial charge in [0, 0.05) is 25.7 Å². The highest BCUT2D eigenvalue weighted by Crippen LogP contribution is 2.24. The Morgan fingerprint density at radius 3 is 3.04 bits per heavy atom. The second kappa shape index (κ2) is 7.70. The molecule has 4 rings (SSSR count). The summed E-state index contributed by atoms with van der Waals surface area (Å²) in [6.07, 6.45) is 6.57. The van der Waals surface area contributed by atoms with Crippen LogP contribution in [0, 0.1) is 0 Å². The lowest BCUT2D eigenvalue weighted by atomic mass is 10.2. The number of para-hydroxylation sites is 2. The van der Waals surface area contributed by atoms with Gasteiger partial charge in [-0.3, -0.25) is 0 Å². The number of anilines is 2. The number of hydrogen-bond acceptors (Lipinski definition) is 6. The molecule has 0 aliphatic carbocycles. The fourth-order valence-corrected chi connectivity index (χ4v) is 3.58. The first-order valence-corrected chi connectivity index (χ1v) is 9.18. The number of nitrogens with one attached hydrogen (secondary N) is 1. The van der Waals surface area contributed by atoms with E-state index in [2.05, 4.69) is 35.8 Å². The molecule has 2 aromatic heterocycles. The van der Waals surface area contributed by atoms with Gasteiger partial charge in [0.25, 0.3) is 0 Å². The van der Waals surface area contributed by atoms with Crippen molar-refractivity contribution in [3.05, 3.63) is 43.0 Å². The Kier molecular flexibility index (Phi) is 4.97. The number of aliphatic hydroxyl groups is 1. The molecule has 1 fully saturated rings. The Morgan fingerprint density at radius 2 is 2.12 bits per heavy atom. The van der Waals surface area contributed by atoms with Gasteiger partial charge in [-0.05, 0) is 31.4 Å². The summed E-state index contributed by atoms with van der Waals surface area (Å²) in [5.41, 5.74) is 2.20. The van der Waals surface area contributed by atoms with Gasteiger partial charge in [0.1, 0.15) is 18.0 Å². The molecule has 2 N–H and O–H groups in total. The molecular weight excluding hydrogens is 328 g/mol. The minimum atomic E-state index is 0.172. The number of rotatable bonds is 7. The molecule has 1 aliphatic heterocycles. The fraction of sp³-hybridized carbons (Fsp3) is 0.421. The van der Waals surface area contributed by atoms with Gasteiger partial charge < -0.3 is 19.9 Å². The Labute approximate surface area is 152 Å². The van der Waals surface area contributed by atoms with Gasteiger partial charge in [0.2, 0.25) is 0 Å². The summed E-state index contributed by atoms with van der Waals surface area (Å²) >= 11 is 0. The maximum absolute atomic E-state index is 9.50. The lowest BCUT2D eigenvalue weighted by molar-refractivity contribution is 0.266. The highest BCUT2D eigenvalue weighted by atomic mass is 16.3. The minimum Gasteiger partial charge on any atom is -0.394 e. The third-order valence-corrected chi connectivity index (χ3v) is 4.94. The van der Waals surface area contributed by atoms with Crippen molar-refractivity contribution in [1.82, 2.24) is 19.5 Å². The second-order valence-electron chi connectivity index (χ2n) is 6.64. The van der Waals surface area contributed by atoms with Crippen LogP contribution in [0.25, 0.3) is 11.0 Å². The van der Waals surface area contributed by atoms with Crippen LogP contribution in [-0.2, 0) is 6.54 Å². The molecule has 136 valence electrons. The number of nitrogens with zero attached hydrogens (tertiary/aromatic N) is 5. The molecule has 1 atom stereocenters. The Hall–Kier alpha value is -2.67. The Balaban J connectivity index is 1.33. The van der Waals surface area contributed by atoms with E-state index in [-0.39, 0.29) is 12.6 Å². The maximum Gasteiger partial charge on any atom is 0.134 e. The van der Waals surface area contributed by atoms with Crippen LogP contribution in [-0.4, -0.2) is 50.4 Å². The first-order chi connectivity index (χ1) is 12.8. The summed E-state index contributed by atoms with van der Waals surface area (Å²) < 4.78 is 2.18. The van der Waals surface area contributed by atoms with E-state index in [1.165, 1.54) is 5.52 Å². The van der Waals surface area contributed by atoms with Crippen molar-refractivity contribution in [2.75, 3.05) is 29.9 Å². The van der Waals surface area contributed by atoms with E-state index in [0.29, 0.717) is 0 Å². The molecule has 26 heavy (non-hydrogen) atoms. The quantitative estimate of drug-likeness (QED) is 0.635. The van der Waals surface area contributed by atoms with Gasteiger partial charge in [-0.2, -0.15) is 0 Å². The van der Waals surface area contributed by atoms with Crippen molar-refractivity contribution < 1.29 is 5.11 Å². The zero-order chi connectivity index (χ0) is 17.8. The summed E-state index contributed by atoms with van der Waals surface area (Å²) in [4.78, 5) is 15.3. The van der Waals surface area contributed by atoms with Gasteiger partial charge in [-0.25, -0.2) is 15.0 Å². The monoisotopic (exact) mass is 352 g/mol. The molecule has 3 heterocycles. The first-order valence-electron chi connectivity index (χ1n) is 9.18. The van der Waals surface area contributed by atoms with Crippen LogP contribution in [0.3, 0.4) is 0 Å². The molecule has 1 saturated heterocycles. The number of imidazole rings is 1. The van der Waals surface area contributed by atoms with Gasteiger partial charge in [-0.15, -0.1) is 0 Å². The van der Waals surface area contributed by atoms with Crippen molar-refractivity contribution in [2.24, 2.45) is 0 Å². The smallest absolute Gasteiger partial charge is 0.134 e. The molecular formula is C19H24N6O. The topological polar surface area (TPSA) is 79.1 Å². The number of hydrogen-bond donors (Lipinski definition) is 2. The molecule has 7 nitrogen and oxygen atoms in total. The number of aliphatic hydroxyl groups excluding tert-OH is 1. The minimum absolute atomic E-state index is 0.172. The Morgan fingerprint density at radius 1 is 1.19 bits per heavy atom. The summed E-state index contributed by atoms with van der Waals surface area (Å²) in [6.45, 7) is 2.84. The average molecular weight is 352 g/mol. The van der Waals surface area contributed by atoms with E-state index in [0.717, 1.165) is 56.0 Å². The molecule has 0 saturated carbocycles. The molecule has 1 unspecified atom stereocenters. The molecule has 0 spiro atoms. The van der Waals surface area contributed by atoms with E-state index in [1.54, 1.807) is 6.33 Å². The lowest BCUT2D eigenvalue weighted by Crippen LogP contribution is -2.32. The van der Waals surface area contributed by atoms with Crippen LogP contribution in [0.15, 0.2) is 43.0 Å².